The number of nitrogens with one attached hydrogen (secondary N) is 3. The molecule has 0 unspecified atom stereocenters. The standard InChI is InChI=1S/C21H22N6O2/c1-13-6-7-14(19(22)26-21(29-2)15-10-23-11-15)9-16(13)25-20(28)17-12-24-18-5-3-4-8-27(17)18/h3-9,12,15,22-23H,10-11H2,1-2H3,(H,25,28)/b22-19?,26-21-. The van der Waals surface area contributed by atoms with Crippen LogP contribution in [0.5, 0.6) is 0 Å². The number of hydrogen-bond donors (Lipinski definition) is 3. The fourth-order valence-corrected chi connectivity index (χ4v) is 3.13. The van der Waals surface area contributed by atoms with E-state index in [0.29, 0.717) is 28.5 Å². The van der Waals surface area contributed by atoms with Crippen LogP contribution in [0.2, 0.25) is 0 Å². The number of carbonyl (C=O) groups is 1. The number of methoxy groups -OCH3 is 1. The van der Waals surface area contributed by atoms with Gasteiger partial charge in [-0.15, -0.1) is 0 Å². The molecule has 1 aliphatic rings. The SMILES string of the molecule is CO/C(=N\C(=N)c1ccc(C)c(NC(=O)c2cnc3ccccn23)c1)C1CNC1. The highest BCUT2D eigenvalue weighted by Gasteiger charge is 2.24. The molecule has 0 bridgehead atoms. The molecule has 8 heteroatoms. The zero-order valence-corrected chi connectivity index (χ0v) is 16.3. The zero-order valence-electron chi connectivity index (χ0n) is 16.3. The van der Waals surface area contributed by atoms with Gasteiger partial charge in [0.25, 0.3) is 5.91 Å². The third-order valence-corrected chi connectivity index (χ3v) is 4.97. The molecule has 0 spiro atoms. The third kappa shape index (κ3) is 3.74. The molecule has 3 heterocycles. The summed E-state index contributed by atoms with van der Waals surface area (Å²) in [5.74, 6) is 0.571. The molecule has 148 valence electrons. The topological polar surface area (TPSA) is 104 Å². The second-order valence-electron chi connectivity index (χ2n) is 6.91. The van der Waals surface area contributed by atoms with Gasteiger partial charge in [0.15, 0.2) is 11.7 Å². The summed E-state index contributed by atoms with van der Waals surface area (Å²) < 4.78 is 7.08. The fraction of sp³-hybridized carbons (Fsp3) is 0.238. The van der Waals surface area contributed by atoms with Gasteiger partial charge < -0.3 is 15.4 Å². The number of aryl methyl sites for hydroxylation is 1. The van der Waals surface area contributed by atoms with Crippen molar-refractivity contribution in [2.45, 2.75) is 6.92 Å². The highest BCUT2D eigenvalue weighted by molar-refractivity contribution is 6.07. The van der Waals surface area contributed by atoms with Gasteiger partial charge in [0.1, 0.15) is 11.3 Å². The summed E-state index contributed by atoms with van der Waals surface area (Å²) in [5, 5.41) is 14.4. The molecule has 1 aromatic carbocycles. The Bertz CT molecular complexity index is 1110. The molecule has 8 nitrogen and oxygen atoms in total. The van der Waals surface area contributed by atoms with Crippen LogP contribution in [0.3, 0.4) is 0 Å². The second-order valence-corrected chi connectivity index (χ2v) is 6.91. The first-order chi connectivity index (χ1) is 14.1. The lowest BCUT2D eigenvalue weighted by atomic mass is 10.0. The largest absolute Gasteiger partial charge is 0.484 e. The van der Waals surface area contributed by atoms with Gasteiger partial charge in [0, 0.05) is 30.5 Å². The van der Waals surface area contributed by atoms with Gasteiger partial charge in [-0.25, -0.2) is 4.98 Å². The number of imidazole rings is 1. The highest BCUT2D eigenvalue weighted by atomic mass is 16.5. The van der Waals surface area contributed by atoms with Gasteiger partial charge in [0.05, 0.1) is 19.2 Å². The van der Waals surface area contributed by atoms with E-state index in [1.807, 2.05) is 37.3 Å². The summed E-state index contributed by atoms with van der Waals surface area (Å²) in [5.41, 5.74) is 3.27. The lowest BCUT2D eigenvalue weighted by molar-refractivity contribution is 0.102. The lowest BCUT2D eigenvalue weighted by Gasteiger charge is -2.27. The highest BCUT2D eigenvalue weighted by Crippen LogP contribution is 2.20. The van der Waals surface area contributed by atoms with Gasteiger partial charge in [-0.05, 0) is 30.7 Å². The van der Waals surface area contributed by atoms with Crippen molar-refractivity contribution < 1.29 is 9.53 Å². The molecule has 4 rings (SSSR count). The van der Waals surface area contributed by atoms with E-state index in [0.717, 1.165) is 18.7 Å². The fourth-order valence-electron chi connectivity index (χ4n) is 3.13. The van der Waals surface area contributed by atoms with Crippen LogP contribution in [0.4, 0.5) is 5.69 Å². The predicted molar refractivity (Wildman–Crippen MR) is 112 cm³/mol. The van der Waals surface area contributed by atoms with Gasteiger partial charge in [-0.1, -0.05) is 18.2 Å². The first-order valence-electron chi connectivity index (χ1n) is 9.33. The number of nitrogens with zero attached hydrogens (tertiary/aromatic N) is 3. The monoisotopic (exact) mass is 390 g/mol. The maximum absolute atomic E-state index is 12.8. The number of amidine groups is 1. The number of aliphatic imine (C=N–C) groups is 1. The van der Waals surface area contributed by atoms with Crippen LogP contribution in [0, 0.1) is 18.3 Å². The normalized spacial score (nSPS) is 14.5. The van der Waals surface area contributed by atoms with Crippen molar-refractivity contribution in [3.63, 3.8) is 0 Å². The Balaban J connectivity index is 1.57. The maximum Gasteiger partial charge on any atom is 0.274 e. The van der Waals surface area contributed by atoms with E-state index in [9.17, 15) is 4.79 Å². The average molecular weight is 390 g/mol. The van der Waals surface area contributed by atoms with Crippen molar-refractivity contribution in [2.75, 3.05) is 25.5 Å². The Morgan fingerprint density at radius 3 is 2.90 bits per heavy atom. The van der Waals surface area contributed by atoms with E-state index in [1.54, 1.807) is 30.0 Å². The summed E-state index contributed by atoms with van der Waals surface area (Å²) in [4.78, 5) is 21.4. The summed E-state index contributed by atoms with van der Waals surface area (Å²) in [7, 11) is 1.57. The van der Waals surface area contributed by atoms with Crippen LogP contribution in [-0.4, -0.2) is 47.2 Å². The molecule has 1 saturated heterocycles. The van der Waals surface area contributed by atoms with Gasteiger partial charge in [0.2, 0.25) is 0 Å². The van der Waals surface area contributed by atoms with E-state index in [-0.39, 0.29) is 17.7 Å². The Morgan fingerprint density at radius 1 is 1.34 bits per heavy atom. The molecule has 0 aliphatic carbocycles. The summed E-state index contributed by atoms with van der Waals surface area (Å²) in [6, 6.07) is 11.0. The predicted octanol–water partition coefficient (Wildman–Crippen LogP) is 2.48. The van der Waals surface area contributed by atoms with Crippen molar-refractivity contribution in [3.8, 4) is 0 Å². The quantitative estimate of drug-likeness (QED) is 0.470. The minimum atomic E-state index is -0.267. The number of carbonyl (C=O) groups excluding carboxylic acids is 1. The van der Waals surface area contributed by atoms with E-state index in [1.165, 1.54) is 0 Å². The Labute approximate surface area is 168 Å². The van der Waals surface area contributed by atoms with Crippen LogP contribution in [0.15, 0.2) is 53.8 Å². The molecule has 1 fully saturated rings. The number of anilines is 1. The van der Waals surface area contributed by atoms with Crippen molar-refractivity contribution >= 4 is 29.0 Å². The van der Waals surface area contributed by atoms with Gasteiger partial charge >= 0.3 is 0 Å². The van der Waals surface area contributed by atoms with Crippen molar-refractivity contribution in [2.24, 2.45) is 10.9 Å². The van der Waals surface area contributed by atoms with E-state index in [2.05, 4.69) is 20.6 Å². The second kappa shape index (κ2) is 7.84. The number of ether oxygens (including phenoxy) is 1. The first kappa shape index (κ1) is 18.8. The van der Waals surface area contributed by atoms with E-state index < -0.39 is 0 Å². The maximum atomic E-state index is 12.8. The average Bonchev–Trinajstić information content (AvgIpc) is 3.12. The molecule has 2 aromatic heterocycles. The number of rotatable bonds is 4. The summed E-state index contributed by atoms with van der Waals surface area (Å²) >= 11 is 0. The number of aromatic nitrogens is 2. The minimum Gasteiger partial charge on any atom is -0.484 e. The van der Waals surface area contributed by atoms with Crippen LogP contribution >= 0.6 is 0 Å². The number of hydrogen-bond acceptors (Lipinski definition) is 5. The van der Waals surface area contributed by atoms with E-state index in [4.69, 9.17) is 10.1 Å². The molecular weight excluding hydrogens is 368 g/mol. The molecule has 0 atom stereocenters. The van der Waals surface area contributed by atoms with E-state index >= 15 is 0 Å². The Hall–Kier alpha value is -3.52. The molecular formula is C21H22N6O2. The first-order valence-corrected chi connectivity index (χ1v) is 9.33. The molecule has 3 N–H and O–H groups in total. The summed E-state index contributed by atoms with van der Waals surface area (Å²) in [6.07, 6.45) is 3.35. The minimum absolute atomic E-state index is 0.0963. The number of fused-ring (bicyclic) bond motifs is 1. The van der Waals surface area contributed by atoms with Crippen LogP contribution in [-0.2, 0) is 4.74 Å². The molecule has 1 amide bonds. The Kier molecular flexibility index (Phi) is 5.09. The smallest absolute Gasteiger partial charge is 0.274 e. The van der Waals surface area contributed by atoms with Crippen LogP contribution in [0.25, 0.3) is 5.65 Å². The van der Waals surface area contributed by atoms with Crippen molar-refractivity contribution in [3.05, 3.63) is 65.6 Å². The molecule has 0 radical (unpaired) electrons. The van der Waals surface area contributed by atoms with Gasteiger partial charge in [-0.2, -0.15) is 4.99 Å². The zero-order chi connectivity index (χ0) is 20.4. The lowest BCUT2D eigenvalue weighted by Crippen LogP contribution is -2.47. The van der Waals surface area contributed by atoms with Crippen LogP contribution in [0.1, 0.15) is 21.6 Å². The Morgan fingerprint density at radius 2 is 2.17 bits per heavy atom. The molecule has 3 aromatic rings. The van der Waals surface area contributed by atoms with Gasteiger partial charge in [-0.3, -0.25) is 14.6 Å². The third-order valence-electron chi connectivity index (χ3n) is 4.97. The molecule has 1 aliphatic heterocycles. The number of benzene rings is 1. The molecule has 0 saturated carbocycles. The summed E-state index contributed by atoms with van der Waals surface area (Å²) in [6.45, 7) is 3.50. The molecule has 29 heavy (non-hydrogen) atoms. The van der Waals surface area contributed by atoms with Crippen molar-refractivity contribution in [1.29, 1.82) is 5.41 Å². The van der Waals surface area contributed by atoms with Crippen molar-refractivity contribution in [1.82, 2.24) is 14.7 Å². The number of pyridine rings is 1. The number of amides is 1. The van der Waals surface area contributed by atoms with Crippen LogP contribution < -0.4 is 10.6 Å².